The van der Waals surface area contributed by atoms with Crippen LogP contribution in [0.2, 0.25) is 0 Å². The molecule has 1 aliphatic rings. The van der Waals surface area contributed by atoms with Gasteiger partial charge in [0, 0.05) is 29.3 Å². The molecule has 3 aromatic carbocycles. The number of para-hydroxylation sites is 1. The second-order valence-electron chi connectivity index (χ2n) is 10.6. The molecule has 1 saturated carbocycles. The number of ether oxygens (including phenoxy) is 2. The summed E-state index contributed by atoms with van der Waals surface area (Å²) in [6.45, 7) is 7.66. The Morgan fingerprint density at radius 3 is 2.36 bits per heavy atom. The van der Waals surface area contributed by atoms with Crippen LogP contribution in [0.3, 0.4) is 0 Å². The molecule has 0 spiro atoms. The van der Waals surface area contributed by atoms with Crippen molar-refractivity contribution >= 4 is 46.4 Å². The molecule has 0 heterocycles. The Bertz CT molecular complexity index is 1500. The van der Waals surface area contributed by atoms with Crippen molar-refractivity contribution in [2.45, 2.75) is 52.4 Å². The number of nitrogens with one attached hydrogen (secondary N) is 2. The number of aryl methyl sites for hydroxylation is 2. The van der Waals surface area contributed by atoms with E-state index in [1.54, 1.807) is 19.2 Å². The highest BCUT2D eigenvalue weighted by molar-refractivity contribution is 8.14. The normalized spacial score (nSPS) is 16.7. The number of benzene rings is 3. The van der Waals surface area contributed by atoms with Crippen molar-refractivity contribution in [3.05, 3.63) is 89.0 Å². The Labute approximate surface area is 258 Å². The second kappa shape index (κ2) is 14.5. The summed E-state index contributed by atoms with van der Waals surface area (Å²) in [7, 11) is 0. The average molecular weight is 627 g/mol. The number of esters is 1. The number of hydrogen-bond acceptors (Lipinski definition) is 6. The van der Waals surface area contributed by atoms with E-state index in [1.165, 1.54) is 42.4 Å². The Balaban J connectivity index is 1.35. The summed E-state index contributed by atoms with van der Waals surface area (Å²) < 4.78 is 46.2. The molecular formula is C32H35F3N5O3S+. The number of rotatable bonds is 10. The molecule has 0 amide bonds. The van der Waals surface area contributed by atoms with Crippen molar-refractivity contribution in [2.24, 2.45) is 15.9 Å². The first kappa shape index (κ1) is 32.7. The molecule has 1 fully saturated rings. The summed E-state index contributed by atoms with van der Waals surface area (Å²) in [4.78, 5) is 21.1. The lowest BCUT2D eigenvalue weighted by molar-refractivity contribution is -0.432. The van der Waals surface area contributed by atoms with Crippen LogP contribution < -0.4 is 15.4 Å². The fourth-order valence-corrected chi connectivity index (χ4v) is 4.98. The first-order valence-corrected chi connectivity index (χ1v) is 15.0. The number of hydrogen-bond donors (Lipinski definition) is 3. The third-order valence-electron chi connectivity index (χ3n) is 6.82. The van der Waals surface area contributed by atoms with Gasteiger partial charge in [-0.15, -0.1) is 13.2 Å². The zero-order chi connectivity index (χ0) is 31.9. The van der Waals surface area contributed by atoms with Gasteiger partial charge in [0.1, 0.15) is 17.4 Å². The van der Waals surface area contributed by atoms with Gasteiger partial charge >= 0.3 is 12.3 Å². The van der Waals surface area contributed by atoms with Crippen LogP contribution in [0.1, 0.15) is 48.4 Å². The number of amidine groups is 2. The van der Waals surface area contributed by atoms with Gasteiger partial charge < -0.3 is 14.8 Å². The summed E-state index contributed by atoms with van der Waals surface area (Å²) in [6, 6.07) is 19.1. The molecule has 232 valence electrons. The molecule has 8 nitrogen and oxygen atoms in total. The standard InChI is InChI=1S/C32H34F3N5O3S/c1-19(2)30(41)42-18-44-31(40-28-20(3)6-5-7-21(28)4)39-27-16-26(27)22-8-10-23(11-9-22)29(36)38-17-37-24-12-14-25(15-13-24)43-32(33,34)35/h5-15,17,19,26-27H,16,18H2,1-4H3,(H,39,40)(H2,36,37,38)/p+1. The van der Waals surface area contributed by atoms with Gasteiger partial charge in [-0.1, -0.05) is 56.3 Å². The molecule has 12 heteroatoms. The number of aliphatic imine (C=N–C) groups is 2. The van der Waals surface area contributed by atoms with E-state index in [4.69, 9.17) is 15.1 Å². The summed E-state index contributed by atoms with van der Waals surface area (Å²) >= 11 is 1.36. The lowest BCUT2D eigenvalue weighted by Crippen LogP contribution is -2.76. The van der Waals surface area contributed by atoms with Crippen molar-refractivity contribution in [1.82, 2.24) is 0 Å². The van der Waals surface area contributed by atoms with E-state index < -0.39 is 6.36 Å². The number of carbonyl (C=O) groups excluding carboxylic acids is 1. The number of anilines is 1. The Morgan fingerprint density at radius 2 is 1.75 bits per heavy atom. The summed E-state index contributed by atoms with van der Waals surface area (Å²) in [5.74, 6) is -0.309. The fourth-order valence-electron chi connectivity index (χ4n) is 4.31. The van der Waals surface area contributed by atoms with Gasteiger partial charge in [0.15, 0.2) is 17.3 Å². The van der Waals surface area contributed by atoms with Gasteiger partial charge in [0.2, 0.25) is 0 Å². The molecule has 0 bridgehead atoms. The predicted octanol–water partition coefficient (Wildman–Crippen LogP) is 6.66. The third kappa shape index (κ3) is 9.68. The molecule has 0 saturated heterocycles. The maximum atomic E-state index is 12.3. The highest BCUT2D eigenvalue weighted by atomic mass is 32.2. The first-order valence-electron chi connectivity index (χ1n) is 14.0. The van der Waals surface area contributed by atoms with E-state index in [0.717, 1.165) is 28.8 Å². The molecule has 2 unspecified atom stereocenters. The van der Waals surface area contributed by atoms with E-state index in [9.17, 15) is 18.0 Å². The monoisotopic (exact) mass is 626 g/mol. The van der Waals surface area contributed by atoms with Crippen molar-refractivity contribution in [1.29, 1.82) is 5.41 Å². The molecule has 0 aromatic heterocycles. The number of nitrogens with zero attached hydrogens (tertiary/aromatic N) is 2. The fraction of sp³-hybridized carbons (Fsp3) is 0.312. The summed E-state index contributed by atoms with van der Waals surface area (Å²) in [5.41, 5.74) is 5.53. The molecule has 4 N–H and O–H groups in total. The van der Waals surface area contributed by atoms with Gasteiger partial charge in [-0.25, -0.2) is 0 Å². The highest BCUT2D eigenvalue weighted by Crippen LogP contribution is 2.44. The maximum absolute atomic E-state index is 12.3. The zero-order valence-electron chi connectivity index (χ0n) is 24.8. The van der Waals surface area contributed by atoms with E-state index in [0.29, 0.717) is 16.4 Å². The highest BCUT2D eigenvalue weighted by Gasteiger charge is 2.39. The number of halogens is 3. The summed E-state index contributed by atoms with van der Waals surface area (Å²) in [5, 5.41) is 14.0. The molecular weight excluding hydrogens is 591 g/mol. The SMILES string of the molecule is Cc1cccc(C)c1NC(=NC1CC1c1ccc(C(=N)N=C[NH2+]c2ccc(OC(F)(F)F)cc2)cc1)SCOC(=O)C(C)C. The Morgan fingerprint density at radius 1 is 1.09 bits per heavy atom. The number of quaternary nitrogens is 1. The molecule has 3 aromatic rings. The number of nitrogens with two attached hydrogens (primary N) is 1. The lowest BCUT2D eigenvalue weighted by Gasteiger charge is -2.15. The minimum atomic E-state index is -4.74. The molecule has 2 atom stereocenters. The van der Waals surface area contributed by atoms with Crippen LogP contribution in [0, 0.1) is 25.2 Å². The van der Waals surface area contributed by atoms with Crippen LogP contribution >= 0.6 is 11.8 Å². The third-order valence-corrected chi connectivity index (χ3v) is 7.53. The minimum Gasteiger partial charge on any atom is -0.454 e. The van der Waals surface area contributed by atoms with Gasteiger partial charge in [0.05, 0.1) is 12.0 Å². The van der Waals surface area contributed by atoms with Crippen LogP contribution in [0.25, 0.3) is 0 Å². The van der Waals surface area contributed by atoms with Crippen molar-refractivity contribution in [2.75, 3.05) is 11.3 Å². The van der Waals surface area contributed by atoms with Crippen molar-refractivity contribution in [3.8, 4) is 5.75 Å². The molecule has 0 aliphatic heterocycles. The zero-order valence-corrected chi connectivity index (χ0v) is 25.6. The van der Waals surface area contributed by atoms with Gasteiger partial charge in [-0.05, 0) is 60.9 Å². The van der Waals surface area contributed by atoms with E-state index >= 15 is 0 Å². The topological polar surface area (TPSA) is 113 Å². The average Bonchev–Trinajstić information content (AvgIpc) is 3.74. The minimum absolute atomic E-state index is 0.0580. The first-order chi connectivity index (χ1) is 20.9. The van der Waals surface area contributed by atoms with Crippen LogP contribution in [0.5, 0.6) is 5.75 Å². The maximum Gasteiger partial charge on any atom is 0.573 e. The molecule has 4 rings (SSSR count). The van der Waals surface area contributed by atoms with Crippen LogP contribution in [0.4, 0.5) is 24.5 Å². The predicted molar refractivity (Wildman–Crippen MR) is 168 cm³/mol. The van der Waals surface area contributed by atoms with Gasteiger partial charge in [-0.2, -0.15) is 4.99 Å². The molecule has 0 radical (unpaired) electrons. The van der Waals surface area contributed by atoms with E-state index in [2.05, 4.69) is 15.0 Å². The van der Waals surface area contributed by atoms with Gasteiger partial charge in [-0.3, -0.25) is 20.5 Å². The summed E-state index contributed by atoms with van der Waals surface area (Å²) in [6.07, 6.45) is -2.43. The Kier molecular flexibility index (Phi) is 10.8. The smallest absolute Gasteiger partial charge is 0.454 e. The number of thioether (sulfide) groups is 1. The van der Waals surface area contributed by atoms with E-state index in [-0.39, 0.29) is 41.4 Å². The van der Waals surface area contributed by atoms with Crippen LogP contribution in [0.15, 0.2) is 76.7 Å². The van der Waals surface area contributed by atoms with Crippen molar-refractivity contribution < 1.29 is 32.8 Å². The largest absolute Gasteiger partial charge is 0.573 e. The quantitative estimate of drug-likeness (QED) is 0.0766. The number of alkyl halides is 3. The molecule has 1 aliphatic carbocycles. The Hall–Kier alpha value is -4.16. The van der Waals surface area contributed by atoms with Crippen molar-refractivity contribution in [3.63, 3.8) is 0 Å². The molecule has 44 heavy (non-hydrogen) atoms. The lowest BCUT2D eigenvalue weighted by atomic mass is 10.1. The van der Waals surface area contributed by atoms with Crippen LogP contribution in [-0.2, 0) is 9.53 Å². The van der Waals surface area contributed by atoms with E-state index in [1.807, 2.05) is 56.3 Å². The van der Waals surface area contributed by atoms with Gasteiger partial charge in [0.25, 0.3) is 0 Å². The second-order valence-corrected chi connectivity index (χ2v) is 11.6. The number of carbonyl (C=O) groups is 1. The van der Waals surface area contributed by atoms with Crippen LogP contribution in [-0.4, -0.2) is 41.7 Å².